The van der Waals surface area contributed by atoms with Crippen LogP contribution in [0.25, 0.3) is 0 Å². The summed E-state index contributed by atoms with van der Waals surface area (Å²) < 4.78 is 27.5. The molecule has 0 amide bonds. The maximum Gasteiger partial charge on any atom is 0.330 e. The van der Waals surface area contributed by atoms with Gasteiger partial charge in [-0.05, 0) is 19.1 Å². The molecule has 0 radical (unpaired) electrons. The normalized spacial score (nSPS) is 19.3. The molecule has 1 saturated heterocycles. The van der Waals surface area contributed by atoms with Crippen LogP contribution in [0.4, 0.5) is 5.82 Å². The van der Waals surface area contributed by atoms with Gasteiger partial charge < -0.3 is 15.0 Å². The Labute approximate surface area is 123 Å². The van der Waals surface area contributed by atoms with E-state index < -0.39 is 16.1 Å². The van der Waals surface area contributed by atoms with Gasteiger partial charge in [0.05, 0.1) is 6.61 Å². The van der Waals surface area contributed by atoms with Gasteiger partial charge in [-0.15, -0.1) is 0 Å². The van der Waals surface area contributed by atoms with Gasteiger partial charge in [-0.25, -0.2) is 23.3 Å². The fraction of sp³-hybridized carbons (Fsp3) is 0.500. The van der Waals surface area contributed by atoms with E-state index in [0.717, 1.165) is 0 Å². The van der Waals surface area contributed by atoms with Gasteiger partial charge in [0.25, 0.3) is 0 Å². The predicted octanol–water partition coefficient (Wildman–Crippen LogP) is -0.930. The monoisotopic (exact) mass is 314 g/mol. The van der Waals surface area contributed by atoms with E-state index in [1.54, 1.807) is 11.8 Å². The van der Waals surface area contributed by atoms with Crippen molar-refractivity contribution in [3.63, 3.8) is 0 Å². The van der Waals surface area contributed by atoms with Gasteiger partial charge in [-0.1, -0.05) is 0 Å². The second kappa shape index (κ2) is 6.37. The Hall–Kier alpha value is -1.71. The zero-order valence-corrected chi connectivity index (χ0v) is 12.5. The summed E-state index contributed by atoms with van der Waals surface area (Å²) in [5.74, 6) is 0.184. The van der Waals surface area contributed by atoms with Gasteiger partial charge in [-0.2, -0.15) is 0 Å². The van der Waals surface area contributed by atoms with Crippen molar-refractivity contribution in [3.8, 4) is 0 Å². The van der Waals surface area contributed by atoms with Crippen molar-refractivity contribution in [2.24, 2.45) is 5.14 Å². The number of pyridine rings is 1. The van der Waals surface area contributed by atoms with E-state index in [9.17, 15) is 13.2 Å². The molecule has 9 heteroatoms. The molecule has 1 unspecified atom stereocenters. The number of primary sulfonamides is 1. The number of rotatable bonds is 4. The average Bonchev–Trinajstić information content (AvgIpc) is 2.47. The number of piperazine rings is 1. The first-order valence-corrected chi connectivity index (χ1v) is 8.11. The van der Waals surface area contributed by atoms with Crippen LogP contribution in [0.1, 0.15) is 6.92 Å². The minimum atomic E-state index is -3.77. The molecule has 1 fully saturated rings. The zero-order chi connectivity index (χ0) is 15.5. The minimum Gasteiger partial charge on any atom is -0.464 e. The number of hydrogen-bond donors (Lipinski definition) is 2. The van der Waals surface area contributed by atoms with Crippen LogP contribution in [0.15, 0.2) is 23.2 Å². The van der Waals surface area contributed by atoms with Crippen LogP contribution in [-0.2, 0) is 19.6 Å². The number of carbonyl (C=O) groups is 1. The summed E-state index contributed by atoms with van der Waals surface area (Å²) >= 11 is 0. The van der Waals surface area contributed by atoms with E-state index >= 15 is 0 Å². The van der Waals surface area contributed by atoms with Crippen molar-refractivity contribution in [2.75, 3.05) is 31.1 Å². The molecule has 3 N–H and O–H groups in total. The molecule has 0 bridgehead atoms. The lowest BCUT2D eigenvalue weighted by molar-refractivity contribution is -0.144. The van der Waals surface area contributed by atoms with E-state index in [4.69, 9.17) is 9.88 Å². The van der Waals surface area contributed by atoms with Crippen LogP contribution in [0, 0.1) is 0 Å². The lowest BCUT2D eigenvalue weighted by atomic mass is 10.2. The van der Waals surface area contributed by atoms with Gasteiger partial charge in [0.1, 0.15) is 16.8 Å². The van der Waals surface area contributed by atoms with Crippen molar-refractivity contribution < 1.29 is 17.9 Å². The average molecular weight is 314 g/mol. The maximum atomic E-state index is 12.0. The number of anilines is 1. The first-order chi connectivity index (χ1) is 9.93. The number of aromatic nitrogens is 1. The number of esters is 1. The van der Waals surface area contributed by atoms with Crippen LogP contribution in [0.2, 0.25) is 0 Å². The molecule has 8 nitrogen and oxygen atoms in total. The Kier molecular flexibility index (Phi) is 4.76. The summed E-state index contributed by atoms with van der Waals surface area (Å²) in [5, 5.41) is 8.16. The maximum absolute atomic E-state index is 12.0. The summed E-state index contributed by atoms with van der Waals surface area (Å²) in [5.41, 5.74) is 0. The van der Waals surface area contributed by atoms with Crippen LogP contribution < -0.4 is 15.4 Å². The SMILES string of the molecule is CCOC(=O)C1CNCCN1c1ccc(S(N)(=O)=O)cn1. The summed E-state index contributed by atoms with van der Waals surface area (Å²) in [6.07, 6.45) is 1.19. The summed E-state index contributed by atoms with van der Waals surface area (Å²) in [7, 11) is -3.77. The van der Waals surface area contributed by atoms with E-state index in [0.29, 0.717) is 32.1 Å². The molecule has 116 valence electrons. The second-order valence-electron chi connectivity index (χ2n) is 4.56. The molecular weight excluding hydrogens is 296 g/mol. The largest absolute Gasteiger partial charge is 0.464 e. The van der Waals surface area contributed by atoms with Crippen LogP contribution in [0.3, 0.4) is 0 Å². The van der Waals surface area contributed by atoms with Crippen molar-refractivity contribution in [3.05, 3.63) is 18.3 Å². The smallest absolute Gasteiger partial charge is 0.330 e. The predicted molar refractivity (Wildman–Crippen MR) is 76.2 cm³/mol. The summed E-state index contributed by atoms with van der Waals surface area (Å²) in [6, 6.07) is 2.44. The van der Waals surface area contributed by atoms with Gasteiger partial charge in [0.15, 0.2) is 0 Å². The molecular formula is C12H18N4O4S. The Morgan fingerprint density at radius 1 is 1.57 bits per heavy atom. The van der Waals surface area contributed by atoms with Crippen molar-refractivity contribution in [2.45, 2.75) is 17.9 Å². The molecule has 1 aliphatic rings. The number of carbonyl (C=O) groups excluding carboxylic acids is 1. The molecule has 0 saturated carbocycles. The fourth-order valence-electron chi connectivity index (χ4n) is 2.14. The quantitative estimate of drug-likeness (QED) is 0.690. The first kappa shape index (κ1) is 15.7. The van der Waals surface area contributed by atoms with E-state index in [1.807, 2.05) is 0 Å². The fourth-order valence-corrected chi connectivity index (χ4v) is 2.60. The number of nitrogens with zero attached hydrogens (tertiary/aromatic N) is 2. The lowest BCUT2D eigenvalue weighted by Gasteiger charge is -2.35. The highest BCUT2D eigenvalue weighted by atomic mass is 32.2. The van der Waals surface area contributed by atoms with Crippen molar-refractivity contribution in [1.82, 2.24) is 10.3 Å². The third-order valence-corrected chi connectivity index (χ3v) is 4.04. The second-order valence-corrected chi connectivity index (χ2v) is 6.12. The molecule has 0 aromatic carbocycles. The first-order valence-electron chi connectivity index (χ1n) is 6.56. The number of nitrogens with one attached hydrogen (secondary N) is 1. The molecule has 1 aromatic rings. The molecule has 2 heterocycles. The highest BCUT2D eigenvalue weighted by Crippen LogP contribution is 2.18. The van der Waals surface area contributed by atoms with Gasteiger partial charge in [-0.3, -0.25) is 0 Å². The molecule has 2 rings (SSSR count). The van der Waals surface area contributed by atoms with Crippen LogP contribution in [0.5, 0.6) is 0 Å². The Balaban J connectivity index is 2.23. The third-order valence-electron chi connectivity index (χ3n) is 3.15. The Morgan fingerprint density at radius 3 is 2.90 bits per heavy atom. The highest BCUT2D eigenvalue weighted by molar-refractivity contribution is 7.89. The highest BCUT2D eigenvalue weighted by Gasteiger charge is 2.30. The topological polar surface area (TPSA) is 115 Å². The number of nitrogens with two attached hydrogens (primary N) is 1. The summed E-state index contributed by atoms with van der Waals surface area (Å²) in [6.45, 7) is 3.79. The lowest BCUT2D eigenvalue weighted by Crippen LogP contribution is -2.56. The Bertz CT molecular complexity index is 602. The van der Waals surface area contributed by atoms with Crippen LogP contribution >= 0.6 is 0 Å². The molecule has 21 heavy (non-hydrogen) atoms. The molecule has 0 spiro atoms. The standard InChI is InChI=1S/C12H18N4O4S/c1-2-20-12(17)10-8-14-5-6-16(10)11-4-3-9(7-15-11)21(13,18)19/h3-4,7,10,14H,2,5-6,8H2,1H3,(H2,13,18,19). The minimum absolute atomic E-state index is 0.0610. The third kappa shape index (κ3) is 3.69. The number of sulfonamides is 1. The molecule has 0 aliphatic carbocycles. The molecule has 1 aromatic heterocycles. The summed E-state index contributed by atoms with van der Waals surface area (Å²) in [4.78, 5) is 17.8. The van der Waals surface area contributed by atoms with Gasteiger partial charge >= 0.3 is 5.97 Å². The van der Waals surface area contributed by atoms with Crippen molar-refractivity contribution >= 4 is 21.8 Å². The molecule has 1 aliphatic heterocycles. The van der Waals surface area contributed by atoms with E-state index in [2.05, 4.69) is 10.3 Å². The zero-order valence-electron chi connectivity index (χ0n) is 11.7. The van der Waals surface area contributed by atoms with Gasteiger partial charge in [0, 0.05) is 25.8 Å². The van der Waals surface area contributed by atoms with Crippen molar-refractivity contribution in [1.29, 1.82) is 0 Å². The number of hydrogen-bond acceptors (Lipinski definition) is 7. The van der Waals surface area contributed by atoms with Crippen LogP contribution in [-0.4, -0.2) is 51.7 Å². The molecule has 1 atom stereocenters. The van der Waals surface area contributed by atoms with E-state index in [-0.39, 0.29) is 10.9 Å². The Morgan fingerprint density at radius 2 is 2.33 bits per heavy atom. The van der Waals surface area contributed by atoms with E-state index in [1.165, 1.54) is 18.3 Å². The number of ether oxygens (including phenoxy) is 1. The van der Waals surface area contributed by atoms with Gasteiger partial charge in [0.2, 0.25) is 10.0 Å².